The van der Waals surface area contributed by atoms with E-state index in [1.165, 1.54) is 0 Å². The molecule has 0 aliphatic heterocycles. The summed E-state index contributed by atoms with van der Waals surface area (Å²) in [5.41, 5.74) is 0. The quantitative estimate of drug-likeness (QED) is 0.593. The van der Waals surface area contributed by atoms with Crippen LogP contribution in [-0.2, 0) is 14.6 Å². The van der Waals surface area contributed by atoms with Gasteiger partial charge in [0.05, 0.1) is 12.4 Å². The van der Waals surface area contributed by atoms with Gasteiger partial charge in [-0.25, -0.2) is 8.42 Å². The van der Waals surface area contributed by atoms with E-state index in [2.05, 4.69) is 12.2 Å². The molecule has 1 unspecified atom stereocenters. The van der Waals surface area contributed by atoms with Crippen LogP contribution in [0.4, 0.5) is 0 Å². The maximum Gasteiger partial charge on any atom is 0.151 e. The second kappa shape index (κ2) is 8.96. The molecule has 0 amide bonds. The summed E-state index contributed by atoms with van der Waals surface area (Å²) in [5, 5.41) is 3.15. The highest BCUT2D eigenvalue weighted by Crippen LogP contribution is 1.94. The lowest BCUT2D eigenvalue weighted by molar-refractivity contribution is 0.131. The monoisotopic (exact) mass is 251 g/mol. The van der Waals surface area contributed by atoms with E-state index < -0.39 is 9.84 Å². The van der Waals surface area contributed by atoms with Gasteiger partial charge in [-0.2, -0.15) is 0 Å². The van der Waals surface area contributed by atoms with Gasteiger partial charge in [0.1, 0.15) is 0 Å². The molecule has 0 bridgehead atoms. The highest BCUT2D eigenvalue weighted by Gasteiger charge is 2.12. The van der Waals surface area contributed by atoms with Gasteiger partial charge in [-0.3, -0.25) is 0 Å². The Bertz CT molecular complexity index is 252. The zero-order chi connectivity index (χ0) is 12.4. The minimum atomic E-state index is -2.87. The lowest BCUT2D eigenvalue weighted by Gasteiger charge is -2.13. The SMILES string of the molecule is CCCCOCCNC(C)CS(=O)(=O)CC. The molecule has 0 fully saturated rings. The minimum Gasteiger partial charge on any atom is -0.380 e. The van der Waals surface area contributed by atoms with Crippen LogP contribution in [0.15, 0.2) is 0 Å². The molecular formula is C11H25NO3S. The van der Waals surface area contributed by atoms with Crippen molar-refractivity contribution < 1.29 is 13.2 Å². The Labute approximate surface area is 99.7 Å². The van der Waals surface area contributed by atoms with E-state index in [1.807, 2.05) is 6.92 Å². The van der Waals surface area contributed by atoms with Crippen LogP contribution in [0.3, 0.4) is 0 Å². The van der Waals surface area contributed by atoms with Gasteiger partial charge < -0.3 is 10.1 Å². The van der Waals surface area contributed by atoms with Crippen molar-refractivity contribution in [3.05, 3.63) is 0 Å². The predicted octanol–water partition coefficient (Wildman–Crippen LogP) is 1.22. The Morgan fingerprint density at radius 2 is 1.94 bits per heavy atom. The number of ether oxygens (including phenoxy) is 1. The first-order chi connectivity index (χ1) is 7.52. The molecule has 0 saturated heterocycles. The summed E-state index contributed by atoms with van der Waals surface area (Å²) in [6.07, 6.45) is 2.22. The first-order valence-corrected chi connectivity index (χ1v) is 7.85. The van der Waals surface area contributed by atoms with Crippen molar-refractivity contribution in [3.63, 3.8) is 0 Å². The lowest BCUT2D eigenvalue weighted by Crippen LogP contribution is -2.35. The summed E-state index contributed by atoms with van der Waals surface area (Å²) in [6, 6.07) is -0.000254. The number of sulfone groups is 1. The number of hydrogen-bond donors (Lipinski definition) is 1. The van der Waals surface area contributed by atoms with Crippen molar-refractivity contribution in [2.45, 2.75) is 39.7 Å². The van der Waals surface area contributed by atoms with Crippen molar-refractivity contribution >= 4 is 9.84 Å². The Morgan fingerprint density at radius 1 is 1.25 bits per heavy atom. The molecular weight excluding hydrogens is 226 g/mol. The maximum absolute atomic E-state index is 11.3. The molecule has 0 aromatic rings. The zero-order valence-electron chi connectivity index (χ0n) is 10.7. The molecule has 0 heterocycles. The predicted molar refractivity (Wildman–Crippen MR) is 67.5 cm³/mol. The number of unbranched alkanes of at least 4 members (excludes halogenated alkanes) is 1. The van der Waals surface area contributed by atoms with Gasteiger partial charge >= 0.3 is 0 Å². The van der Waals surface area contributed by atoms with Crippen LogP contribution in [-0.4, -0.2) is 45.7 Å². The summed E-state index contributed by atoms with van der Waals surface area (Å²) in [6.45, 7) is 7.84. The molecule has 0 rings (SSSR count). The van der Waals surface area contributed by atoms with Crippen LogP contribution in [0, 0.1) is 0 Å². The first kappa shape index (κ1) is 15.9. The van der Waals surface area contributed by atoms with E-state index in [0.29, 0.717) is 13.2 Å². The van der Waals surface area contributed by atoms with E-state index >= 15 is 0 Å². The Balaban J connectivity index is 3.48. The van der Waals surface area contributed by atoms with Gasteiger partial charge in [0.2, 0.25) is 0 Å². The maximum atomic E-state index is 11.3. The van der Waals surface area contributed by atoms with Gasteiger partial charge in [-0.1, -0.05) is 20.3 Å². The van der Waals surface area contributed by atoms with Crippen molar-refractivity contribution in [1.82, 2.24) is 5.32 Å². The molecule has 16 heavy (non-hydrogen) atoms. The highest BCUT2D eigenvalue weighted by atomic mass is 32.2. The summed E-state index contributed by atoms with van der Waals surface area (Å²) < 4.78 is 28.0. The molecule has 0 spiro atoms. The fourth-order valence-corrected chi connectivity index (χ4v) is 2.40. The molecule has 0 aliphatic carbocycles. The van der Waals surface area contributed by atoms with Gasteiger partial charge in [0.25, 0.3) is 0 Å². The summed E-state index contributed by atoms with van der Waals surface area (Å²) >= 11 is 0. The summed E-state index contributed by atoms with van der Waals surface area (Å²) in [7, 11) is -2.87. The number of hydrogen-bond acceptors (Lipinski definition) is 4. The Kier molecular flexibility index (Phi) is 8.89. The first-order valence-electron chi connectivity index (χ1n) is 6.03. The molecule has 0 radical (unpaired) electrons. The molecule has 98 valence electrons. The van der Waals surface area contributed by atoms with Gasteiger partial charge in [-0.15, -0.1) is 0 Å². The van der Waals surface area contributed by atoms with Crippen LogP contribution < -0.4 is 5.32 Å². The van der Waals surface area contributed by atoms with Gasteiger partial charge in [0, 0.05) is 24.9 Å². The van der Waals surface area contributed by atoms with Crippen LogP contribution in [0.25, 0.3) is 0 Å². The van der Waals surface area contributed by atoms with Gasteiger partial charge in [-0.05, 0) is 13.3 Å². The van der Waals surface area contributed by atoms with Crippen LogP contribution >= 0.6 is 0 Å². The lowest BCUT2D eigenvalue weighted by atomic mass is 10.4. The van der Waals surface area contributed by atoms with Crippen molar-refractivity contribution in [2.24, 2.45) is 0 Å². The van der Waals surface area contributed by atoms with E-state index in [0.717, 1.165) is 19.4 Å². The van der Waals surface area contributed by atoms with E-state index in [9.17, 15) is 8.42 Å². The van der Waals surface area contributed by atoms with Crippen molar-refractivity contribution in [1.29, 1.82) is 0 Å². The van der Waals surface area contributed by atoms with E-state index in [-0.39, 0.29) is 17.5 Å². The standard InChI is InChI=1S/C11H25NO3S/c1-4-6-8-15-9-7-12-11(3)10-16(13,14)5-2/h11-12H,4-10H2,1-3H3. The van der Waals surface area contributed by atoms with E-state index in [1.54, 1.807) is 6.92 Å². The van der Waals surface area contributed by atoms with E-state index in [4.69, 9.17) is 4.74 Å². The third kappa shape index (κ3) is 9.12. The average molecular weight is 251 g/mol. The molecule has 1 N–H and O–H groups in total. The van der Waals surface area contributed by atoms with Crippen LogP contribution in [0.5, 0.6) is 0 Å². The Hall–Kier alpha value is -0.130. The Morgan fingerprint density at radius 3 is 2.50 bits per heavy atom. The second-order valence-corrected chi connectivity index (χ2v) is 6.42. The highest BCUT2D eigenvalue weighted by molar-refractivity contribution is 7.91. The third-order valence-corrected chi connectivity index (χ3v) is 4.21. The van der Waals surface area contributed by atoms with Crippen molar-refractivity contribution in [3.8, 4) is 0 Å². The molecule has 4 nitrogen and oxygen atoms in total. The largest absolute Gasteiger partial charge is 0.380 e. The topological polar surface area (TPSA) is 55.4 Å². The third-order valence-electron chi connectivity index (χ3n) is 2.33. The minimum absolute atomic E-state index is 0.000254. The molecule has 1 atom stereocenters. The molecule has 0 aromatic carbocycles. The molecule has 5 heteroatoms. The number of nitrogens with one attached hydrogen (secondary N) is 1. The van der Waals surface area contributed by atoms with Crippen molar-refractivity contribution in [2.75, 3.05) is 31.3 Å². The molecule has 0 aliphatic rings. The summed E-state index contributed by atoms with van der Waals surface area (Å²) in [5.74, 6) is 0.421. The molecule has 0 aromatic heterocycles. The fourth-order valence-electron chi connectivity index (χ4n) is 1.28. The zero-order valence-corrected chi connectivity index (χ0v) is 11.5. The number of rotatable bonds is 10. The molecule has 0 saturated carbocycles. The van der Waals surface area contributed by atoms with Crippen LogP contribution in [0.1, 0.15) is 33.6 Å². The van der Waals surface area contributed by atoms with Crippen LogP contribution in [0.2, 0.25) is 0 Å². The van der Waals surface area contributed by atoms with Gasteiger partial charge in [0.15, 0.2) is 9.84 Å². The fraction of sp³-hybridized carbons (Fsp3) is 1.00. The average Bonchev–Trinajstić information content (AvgIpc) is 2.22. The normalized spacial score (nSPS) is 13.9. The second-order valence-electron chi connectivity index (χ2n) is 4.02. The smallest absolute Gasteiger partial charge is 0.151 e. The summed E-state index contributed by atoms with van der Waals surface area (Å²) in [4.78, 5) is 0.